The second-order valence-corrected chi connectivity index (χ2v) is 3.61. The van der Waals surface area contributed by atoms with Gasteiger partial charge in [0.1, 0.15) is 0 Å². The van der Waals surface area contributed by atoms with Gasteiger partial charge < -0.3 is 10.4 Å². The smallest absolute Gasteiger partial charge is 0.0140 e. The van der Waals surface area contributed by atoms with Crippen molar-refractivity contribution in [3.05, 3.63) is 6.92 Å². The van der Waals surface area contributed by atoms with Crippen LogP contribution in [0.25, 0.3) is 0 Å². The molecule has 2 N–H and O–H groups in total. The summed E-state index contributed by atoms with van der Waals surface area (Å²) in [5.41, 5.74) is 0. The van der Waals surface area contributed by atoms with Crippen LogP contribution in [0, 0.1) is 6.92 Å². The molecule has 0 spiro atoms. The fraction of sp³-hybridized carbons (Fsp3) is 0.909. The van der Waals surface area contributed by atoms with Crippen LogP contribution in [-0.4, -0.2) is 31.5 Å². The van der Waals surface area contributed by atoms with Crippen LogP contribution in [0.1, 0.15) is 45.4 Å². The van der Waals surface area contributed by atoms with Gasteiger partial charge in [-0.2, -0.15) is 0 Å². The van der Waals surface area contributed by atoms with Gasteiger partial charge in [0, 0.05) is 0 Å². The molecule has 0 aromatic heterocycles. The van der Waals surface area contributed by atoms with Crippen LogP contribution < -0.4 is 0 Å². The molecule has 0 unspecified atom stereocenters. The Bertz CT molecular complexity index is 56.4. The van der Waals surface area contributed by atoms with Gasteiger partial charge in [0.2, 0.25) is 0 Å². The Labute approximate surface area is 84.6 Å². The van der Waals surface area contributed by atoms with Gasteiger partial charge in [0.25, 0.3) is 0 Å². The summed E-state index contributed by atoms with van der Waals surface area (Å²) in [6, 6.07) is 0. The molecule has 0 aromatic rings. The van der Waals surface area contributed by atoms with Gasteiger partial charge in [-0.1, -0.05) is 52.4 Å². The summed E-state index contributed by atoms with van der Waals surface area (Å²) in [7, 11) is 6.00. The Morgan fingerprint density at radius 3 is 1.62 bits per heavy atom. The van der Waals surface area contributed by atoms with E-state index >= 15 is 0 Å². The monoisotopic (exact) mass is 190 g/mol. The van der Waals surface area contributed by atoms with E-state index in [1.54, 1.807) is 0 Å². The van der Waals surface area contributed by atoms with Gasteiger partial charge in [0.05, 0.1) is 0 Å². The summed E-state index contributed by atoms with van der Waals surface area (Å²) in [6.07, 6.45) is 7.98. The Kier molecular flexibility index (Phi) is 25.6. The van der Waals surface area contributed by atoms with Gasteiger partial charge in [-0.15, -0.1) is 0 Å². The van der Waals surface area contributed by atoms with E-state index in [-0.39, 0.29) is 5.48 Å². The van der Waals surface area contributed by atoms with Gasteiger partial charge in [-0.05, 0) is 21.1 Å². The first-order chi connectivity index (χ1) is 5.65. The van der Waals surface area contributed by atoms with E-state index in [9.17, 15) is 0 Å². The molecule has 0 atom stereocenters. The molecule has 0 aliphatic heterocycles. The first kappa shape index (κ1) is 18.7. The minimum atomic E-state index is 0. The van der Waals surface area contributed by atoms with Gasteiger partial charge >= 0.3 is 0 Å². The molecule has 0 aliphatic carbocycles. The van der Waals surface area contributed by atoms with E-state index in [2.05, 4.69) is 13.8 Å². The highest BCUT2D eigenvalue weighted by Gasteiger charge is 1.83. The maximum atomic E-state index is 3.78. The lowest BCUT2D eigenvalue weighted by atomic mass is 10.1. The van der Waals surface area contributed by atoms with Crippen molar-refractivity contribution in [2.45, 2.75) is 45.4 Å². The molecule has 0 aromatic carbocycles. The minimum absolute atomic E-state index is 0. The van der Waals surface area contributed by atoms with Crippen LogP contribution in [0.15, 0.2) is 0 Å². The van der Waals surface area contributed by atoms with E-state index in [0.717, 1.165) is 6.42 Å². The Balaban J connectivity index is -0.000000173. The normalized spacial score (nSPS) is 8.77. The fourth-order valence-corrected chi connectivity index (χ4v) is 0.780. The van der Waals surface area contributed by atoms with E-state index in [1.807, 2.05) is 26.0 Å². The number of rotatable bonds is 5. The molecule has 0 saturated carbocycles. The second-order valence-electron chi connectivity index (χ2n) is 3.61. The molecule has 0 amide bonds. The van der Waals surface area contributed by atoms with E-state index in [4.69, 9.17) is 0 Å². The zero-order valence-corrected chi connectivity index (χ0v) is 9.90. The summed E-state index contributed by atoms with van der Waals surface area (Å²) < 4.78 is 0. The third-order valence-electron chi connectivity index (χ3n) is 1.35. The Morgan fingerprint density at radius 2 is 1.31 bits per heavy atom. The standard InChI is InChI=1S/C8H17.C3H9N.H2O/c1-3-5-7-8-6-4-2;1-4(2)3;/h1,3-8H2,2H3;1-3H3;1H2. The topological polar surface area (TPSA) is 34.7 Å². The maximum Gasteiger partial charge on any atom is -0.0140 e. The molecule has 0 rings (SSSR count). The van der Waals surface area contributed by atoms with Crippen LogP contribution >= 0.6 is 0 Å². The molecule has 1 radical (unpaired) electrons. The summed E-state index contributed by atoms with van der Waals surface area (Å²) >= 11 is 0. The fourth-order valence-electron chi connectivity index (χ4n) is 0.780. The van der Waals surface area contributed by atoms with E-state index in [0.29, 0.717) is 0 Å². The average molecular weight is 190 g/mol. The molecule has 0 bridgehead atoms. The van der Waals surface area contributed by atoms with Crippen LogP contribution in [-0.2, 0) is 0 Å². The van der Waals surface area contributed by atoms with Crippen molar-refractivity contribution in [2.24, 2.45) is 0 Å². The molecule has 0 fully saturated rings. The van der Waals surface area contributed by atoms with Gasteiger partial charge in [0.15, 0.2) is 0 Å². The molecule has 2 heteroatoms. The van der Waals surface area contributed by atoms with Crippen molar-refractivity contribution in [1.82, 2.24) is 4.90 Å². The summed E-state index contributed by atoms with van der Waals surface area (Å²) in [5.74, 6) is 0. The first-order valence-corrected chi connectivity index (χ1v) is 5.05. The zero-order chi connectivity index (χ0) is 9.82. The number of unbranched alkanes of at least 4 members (excludes halogenated alkanes) is 5. The average Bonchev–Trinajstić information content (AvgIpc) is 1.97. The lowest BCUT2D eigenvalue weighted by molar-refractivity contribution is 0.505. The van der Waals surface area contributed by atoms with E-state index in [1.165, 1.54) is 32.1 Å². The van der Waals surface area contributed by atoms with Crippen LogP contribution in [0.2, 0.25) is 0 Å². The number of hydrogen-bond acceptors (Lipinski definition) is 1. The van der Waals surface area contributed by atoms with Crippen molar-refractivity contribution < 1.29 is 5.48 Å². The molecular weight excluding hydrogens is 162 g/mol. The highest BCUT2D eigenvalue weighted by molar-refractivity contribution is 4.43. The van der Waals surface area contributed by atoms with Crippen LogP contribution in [0.3, 0.4) is 0 Å². The predicted octanol–water partition coefficient (Wildman–Crippen LogP) is 2.53. The molecule has 13 heavy (non-hydrogen) atoms. The molecular formula is C11H28NO. The Morgan fingerprint density at radius 1 is 0.923 bits per heavy atom. The SMILES string of the molecule is CN(C)C.O.[CH2]CCCCCCC. The van der Waals surface area contributed by atoms with Crippen molar-refractivity contribution in [3.63, 3.8) is 0 Å². The van der Waals surface area contributed by atoms with Crippen molar-refractivity contribution in [1.29, 1.82) is 0 Å². The van der Waals surface area contributed by atoms with Crippen LogP contribution in [0.4, 0.5) is 0 Å². The molecule has 0 saturated heterocycles. The Hall–Kier alpha value is -0.0800. The van der Waals surface area contributed by atoms with Gasteiger partial charge in [-0.3, -0.25) is 0 Å². The summed E-state index contributed by atoms with van der Waals surface area (Å²) in [6.45, 7) is 6.02. The molecule has 2 nitrogen and oxygen atoms in total. The third-order valence-corrected chi connectivity index (χ3v) is 1.35. The summed E-state index contributed by atoms with van der Waals surface area (Å²) in [4.78, 5) is 2.00. The molecule has 0 heterocycles. The maximum absolute atomic E-state index is 3.78. The quantitative estimate of drug-likeness (QED) is 0.613. The van der Waals surface area contributed by atoms with Crippen molar-refractivity contribution in [3.8, 4) is 0 Å². The lowest BCUT2D eigenvalue weighted by Gasteiger charge is -1.93. The van der Waals surface area contributed by atoms with Gasteiger partial charge in [-0.25, -0.2) is 0 Å². The lowest BCUT2D eigenvalue weighted by Crippen LogP contribution is -1.99. The highest BCUT2D eigenvalue weighted by Crippen LogP contribution is 2.03. The number of hydrogen-bond donors (Lipinski definition) is 0. The minimum Gasteiger partial charge on any atom is -0.412 e. The van der Waals surface area contributed by atoms with Crippen LogP contribution in [0.5, 0.6) is 0 Å². The largest absolute Gasteiger partial charge is 0.412 e. The number of nitrogens with zero attached hydrogens (tertiary/aromatic N) is 1. The third kappa shape index (κ3) is 48.5. The summed E-state index contributed by atoms with van der Waals surface area (Å²) in [5, 5.41) is 0. The van der Waals surface area contributed by atoms with Crippen molar-refractivity contribution >= 4 is 0 Å². The first-order valence-electron chi connectivity index (χ1n) is 5.05. The molecule has 83 valence electrons. The van der Waals surface area contributed by atoms with E-state index < -0.39 is 0 Å². The molecule has 0 aliphatic rings. The predicted molar refractivity (Wildman–Crippen MR) is 62.0 cm³/mol. The van der Waals surface area contributed by atoms with Crippen molar-refractivity contribution in [2.75, 3.05) is 21.1 Å². The zero-order valence-electron chi connectivity index (χ0n) is 9.90. The highest BCUT2D eigenvalue weighted by atomic mass is 16.0. The second kappa shape index (κ2) is 17.9.